The van der Waals surface area contributed by atoms with Crippen LogP contribution in [0.1, 0.15) is 13.3 Å². The molecule has 0 aromatic carbocycles. The quantitative estimate of drug-likeness (QED) is 0.536. The molecule has 7 heavy (non-hydrogen) atoms. The number of nitrogens with two attached hydrogens (primary N) is 1. The normalized spacial score (nSPS) is 9.43. The molecule has 0 aromatic rings. The summed E-state index contributed by atoms with van der Waals surface area (Å²) in [7, 11) is 0. The van der Waals surface area contributed by atoms with Crippen LogP contribution in [0.2, 0.25) is 8.87 Å². The van der Waals surface area contributed by atoms with Crippen molar-refractivity contribution in [2.75, 3.05) is 6.54 Å². The number of hydrogen-bond acceptors (Lipinski definition) is 1. The fourth-order valence-electron chi connectivity index (χ4n) is 0.404. The first-order chi connectivity index (χ1) is 3.41. The molecule has 0 heterocycles. The topological polar surface area (TPSA) is 26.0 Å². The maximum atomic E-state index is 5.30. The van der Waals surface area contributed by atoms with Crippen molar-refractivity contribution in [2.45, 2.75) is 22.2 Å². The predicted octanol–water partition coefficient (Wildman–Crippen LogP) is 0.896. The van der Waals surface area contributed by atoms with Gasteiger partial charge in [0, 0.05) is 0 Å². The summed E-state index contributed by atoms with van der Waals surface area (Å²) in [5.41, 5.74) is 5.30. The molecule has 0 aliphatic rings. The van der Waals surface area contributed by atoms with Crippen molar-refractivity contribution in [3.05, 3.63) is 0 Å². The molecule has 0 fully saturated rings. The molecular formula is C5H13NSn. The van der Waals surface area contributed by atoms with Crippen molar-refractivity contribution < 1.29 is 0 Å². The average molecular weight is 206 g/mol. The van der Waals surface area contributed by atoms with Gasteiger partial charge in [0.25, 0.3) is 0 Å². The standard InChI is InChI=1S/C3H8N.C2H5.Sn/c1-2-3-4;1-2;/h1-4H2;1H2,2H3;. The van der Waals surface area contributed by atoms with E-state index in [4.69, 9.17) is 5.73 Å². The van der Waals surface area contributed by atoms with Gasteiger partial charge in [-0.2, -0.15) is 0 Å². The van der Waals surface area contributed by atoms with E-state index in [1.807, 2.05) is 0 Å². The van der Waals surface area contributed by atoms with Gasteiger partial charge in [-0.15, -0.1) is 0 Å². The summed E-state index contributed by atoms with van der Waals surface area (Å²) in [6.45, 7) is 3.18. The van der Waals surface area contributed by atoms with E-state index in [0.717, 1.165) is 6.54 Å². The Morgan fingerprint density at radius 3 is 2.71 bits per heavy atom. The Kier molecular flexibility index (Phi) is 7.49. The molecule has 0 aliphatic heterocycles. The molecule has 0 atom stereocenters. The number of hydrogen-bond donors (Lipinski definition) is 1. The fraction of sp³-hybridized carbons (Fsp3) is 1.00. The minimum absolute atomic E-state index is 0.104. The zero-order valence-electron chi connectivity index (χ0n) is 4.91. The Morgan fingerprint density at radius 2 is 2.29 bits per heavy atom. The van der Waals surface area contributed by atoms with E-state index in [1.54, 1.807) is 0 Å². The predicted molar refractivity (Wildman–Crippen MR) is 34.7 cm³/mol. The SMILES string of the molecule is C[CH2][Sn][CH2]CCN. The molecule has 0 saturated heterocycles. The van der Waals surface area contributed by atoms with E-state index in [9.17, 15) is 0 Å². The van der Waals surface area contributed by atoms with Crippen LogP contribution in [0.15, 0.2) is 0 Å². The second kappa shape index (κ2) is 6.76. The van der Waals surface area contributed by atoms with E-state index in [0.29, 0.717) is 0 Å². The van der Waals surface area contributed by atoms with Crippen LogP contribution in [0.3, 0.4) is 0 Å². The van der Waals surface area contributed by atoms with Crippen LogP contribution < -0.4 is 5.73 Å². The summed E-state index contributed by atoms with van der Waals surface area (Å²) in [4.78, 5) is 0. The Labute approximate surface area is 55.9 Å². The van der Waals surface area contributed by atoms with Gasteiger partial charge in [-0.05, 0) is 0 Å². The first-order valence-corrected chi connectivity index (χ1v) is 6.86. The van der Waals surface area contributed by atoms with E-state index < -0.39 is 0 Å². The first kappa shape index (κ1) is 7.76. The molecule has 0 amide bonds. The molecule has 0 rings (SSSR count). The summed E-state index contributed by atoms with van der Waals surface area (Å²) >= 11 is 0.104. The van der Waals surface area contributed by atoms with Gasteiger partial charge in [0.2, 0.25) is 0 Å². The molecule has 0 spiro atoms. The molecule has 42 valence electrons. The fourth-order valence-corrected chi connectivity index (χ4v) is 2.71. The van der Waals surface area contributed by atoms with Crippen LogP contribution in [0.5, 0.6) is 0 Å². The van der Waals surface area contributed by atoms with Crippen LogP contribution in [-0.2, 0) is 0 Å². The van der Waals surface area contributed by atoms with Gasteiger partial charge in [0.15, 0.2) is 0 Å². The van der Waals surface area contributed by atoms with Gasteiger partial charge in [0.1, 0.15) is 0 Å². The van der Waals surface area contributed by atoms with Gasteiger partial charge < -0.3 is 0 Å². The van der Waals surface area contributed by atoms with Crippen LogP contribution in [-0.4, -0.2) is 27.7 Å². The molecule has 2 heteroatoms. The van der Waals surface area contributed by atoms with Crippen LogP contribution in [0.25, 0.3) is 0 Å². The second-order valence-electron chi connectivity index (χ2n) is 1.50. The van der Waals surface area contributed by atoms with E-state index >= 15 is 0 Å². The number of rotatable bonds is 4. The summed E-state index contributed by atoms with van der Waals surface area (Å²) in [6, 6.07) is 0. The Bertz CT molecular complexity index is 27.3. The summed E-state index contributed by atoms with van der Waals surface area (Å²) in [6.07, 6.45) is 1.28. The first-order valence-electron chi connectivity index (χ1n) is 2.82. The van der Waals surface area contributed by atoms with Gasteiger partial charge in [-0.25, -0.2) is 0 Å². The third kappa shape index (κ3) is 6.76. The molecule has 1 nitrogen and oxygen atoms in total. The van der Waals surface area contributed by atoms with Gasteiger partial charge in [-0.1, -0.05) is 0 Å². The van der Waals surface area contributed by atoms with Crippen molar-refractivity contribution in [2.24, 2.45) is 5.73 Å². The molecule has 0 unspecified atom stereocenters. The molecule has 0 aromatic heterocycles. The Morgan fingerprint density at radius 1 is 1.57 bits per heavy atom. The molecular weight excluding hydrogens is 193 g/mol. The van der Waals surface area contributed by atoms with Crippen molar-refractivity contribution in [3.63, 3.8) is 0 Å². The molecule has 0 aliphatic carbocycles. The van der Waals surface area contributed by atoms with Gasteiger partial charge >= 0.3 is 55.6 Å². The van der Waals surface area contributed by atoms with Gasteiger partial charge in [0.05, 0.1) is 0 Å². The summed E-state index contributed by atoms with van der Waals surface area (Å²) < 4.78 is 2.96. The minimum atomic E-state index is 0.104. The van der Waals surface area contributed by atoms with E-state index in [-0.39, 0.29) is 21.1 Å². The van der Waals surface area contributed by atoms with Gasteiger partial charge in [-0.3, -0.25) is 0 Å². The van der Waals surface area contributed by atoms with Crippen LogP contribution in [0, 0.1) is 0 Å². The zero-order valence-corrected chi connectivity index (χ0v) is 7.76. The van der Waals surface area contributed by atoms with Crippen molar-refractivity contribution in [3.8, 4) is 0 Å². The summed E-state index contributed by atoms with van der Waals surface area (Å²) in [5.74, 6) is 0. The average Bonchev–Trinajstić information content (AvgIpc) is 1.69. The molecule has 2 radical (unpaired) electrons. The summed E-state index contributed by atoms with van der Waals surface area (Å²) in [5, 5.41) is 0. The molecule has 0 saturated carbocycles. The second-order valence-corrected chi connectivity index (χ2v) is 6.37. The van der Waals surface area contributed by atoms with E-state index in [1.165, 1.54) is 15.3 Å². The maximum absolute atomic E-state index is 5.30. The molecule has 0 bridgehead atoms. The van der Waals surface area contributed by atoms with Crippen molar-refractivity contribution in [1.29, 1.82) is 0 Å². The van der Waals surface area contributed by atoms with Crippen LogP contribution >= 0.6 is 0 Å². The third-order valence-electron chi connectivity index (χ3n) is 0.808. The van der Waals surface area contributed by atoms with Crippen LogP contribution in [0.4, 0.5) is 0 Å². The Hall–Kier alpha value is 0.759. The van der Waals surface area contributed by atoms with E-state index in [2.05, 4.69) is 6.92 Å². The molecule has 2 N–H and O–H groups in total. The zero-order chi connectivity index (χ0) is 5.54. The Balaban J connectivity index is 2.45. The third-order valence-corrected chi connectivity index (χ3v) is 4.25. The monoisotopic (exact) mass is 207 g/mol. The van der Waals surface area contributed by atoms with Crippen molar-refractivity contribution in [1.82, 2.24) is 0 Å². The van der Waals surface area contributed by atoms with Crippen molar-refractivity contribution >= 4 is 21.1 Å².